The van der Waals surface area contributed by atoms with Crippen LogP contribution in [0.3, 0.4) is 0 Å². The number of carboxylic acids is 1. The van der Waals surface area contributed by atoms with Crippen molar-refractivity contribution in [3.05, 3.63) is 70.5 Å². The van der Waals surface area contributed by atoms with Gasteiger partial charge in [0.05, 0.1) is 16.4 Å². The normalized spacial score (nSPS) is 14.4. The number of piperidine rings is 1. The number of carboxylic acid groups (broad SMARTS) is 1. The lowest BCUT2D eigenvalue weighted by Gasteiger charge is -2.30. The van der Waals surface area contributed by atoms with Crippen molar-refractivity contribution in [2.24, 2.45) is 5.92 Å². The second-order valence-electron chi connectivity index (χ2n) is 8.02. The van der Waals surface area contributed by atoms with Crippen LogP contribution in [-0.4, -0.2) is 39.1 Å². The summed E-state index contributed by atoms with van der Waals surface area (Å²) in [6, 6.07) is 10.5. The molecule has 0 bridgehead atoms. The molecule has 188 valence electrons. The number of benzene rings is 2. The van der Waals surface area contributed by atoms with E-state index in [1.54, 1.807) is 29.2 Å². The average Bonchev–Trinajstić information content (AvgIpc) is 2.85. The molecule has 0 saturated carbocycles. The lowest BCUT2D eigenvalue weighted by atomic mass is 9.97. The molecule has 0 aliphatic carbocycles. The minimum Gasteiger partial charge on any atom is -0.481 e. The number of alkyl halides is 3. The average molecular weight is 503 g/mol. The first-order valence-corrected chi connectivity index (χ1v) is 10.8. The van der Waals surface area contributed by atoms with Crippen molar-refractivity contribution in [3.8, 4) is 11.5 Å². The second kappa shape index (κ2) is 10.1. The molecule has 1 fully saturated rings. The van der Waals surface area contributed by atoms with Gasteiger partial charge in [-0.3, -0.25) is 14.9 Å². The summed E-state index contributed by atoms with van der Waals surface area (Å²) in [6.07, 6.45) is -2.56. The van der Waals surface area contributed by atoms with Crippen LogP contribution in [0.15, 0.2) is 54.9 Å². The Balaban J connectivity index is 1.48. The zero-order valence-corrected chi connectivity index (χ0v) is 18.6. The van der Waals surface area contributed by atoms with Crippen molar-refractivity contribution >= 4 is 29.0 Å². The quantitative estimate of drug-likeness (QED) is 0.328. The molecule has 0 radical (unpaired) electrons. The van der Waals surface area contributed by atoms with Crippen LogP contribution in [0, 0.1) is 16.0 Å². The molecular weight excluding hydrogens is 483 g/mol. The van der Waals surface area contributed by atoms with E-state index in [2.05, 4.69) is 15.3 Å². The number of hydrogen-bond acceptors (Lipinski definition) is 8. The van der Waals surface area contributed by atoms with E-state index in [0.29, 0.717) is 37.4 Å². The number of nitrogens with zero attached hydrogens (tertiary/aromatic N) is 4. The lowest BCUT2D eigenvalue weighted by molar-refractivity contribution is -0.383. The Bertz CT molecular complexity index is 1240. The first-order chi connectivity index (χ1) is 17.1. The summed E-state index contributed by atoms with van der Waals surface area (Å²) in [7, 11) is 0. The molecule has 0 atom stereocenters. The smallest absolute Gasteiger partial charge is 0.416 e. The Morgan fingerprint density at radius 3 is 2.17 bits per heavy atom. The Kier molecular flexibility index (Phi) is 6.90. The lowest BCUT2D eigenvalue weighted by Crippen LogP contribution is -2.37. The van der Waals surface area contributed by atoms with E-state index in [9.17, 15) is 33.2 Å². The molecule has 10 nitrogen and oxygen atoms in total. The maximum atomic E-state index is 12.7. The van der Waals surface area contributed by atoms with Crippen molar-refractivity contribution < 1.29 is 32.7 Å². The van der Waals surface area contributed by atoms with Gasteiger partial charge in [0.25, 0.3) is 0 Å². The molecule has 1 aliphatic heterocycles. The van der Waals surface area contributed by atoms with Crippen LogP contribution >= 0.6 is 0 Å². The SMILES string of the molecule is O=C(O)C1CCN(c2ncnc(Nc3ccc(Oc4ccc(C(F)(F)F)cc4)cc3)c2[N+](=O)[O-])CC1. The van der Waals surface area contributed by atoms with Gasteiger partial charge in [0, 0.05) is 18.8 Å². The molecule has 4 rings (SSSR count). The molecule has 2 aromatic carbocycles. The molecule has 1 saturated heterocycles. The summed E-state index contributed by atoms with van der Waals surface area (Å²) >= 11 is 0. The molecule has 0 spiro atoms. The summed E-state index contributed by atoms with van der Waals surface area (Å²) in [5.41, 5.74) is -0.671. The van der Waals surface area contributed by atoms with Crippen LogP contribution in [0.1, 0.15) is 18.4 Å². The molecule has 2 N–H and O–H groups in total. The first-order valence-electron chi connectivity index (χ1n) is 10.8. The minimum atomic E-state index is -4.44. The van der Waals surface area contributed by atoms with Crippen molar-refractivity contribution in [1.82, 2.24) is 9.97 Å². The van der Waals surface area contributed by atoms with E-state index < -0.39 is 28.6 Å². The van der Waals surface area contributed by atoms with Crippen LogP contribution < -0.4 is 15.0 Å². The first kappa shape index (κ1) is 24.7. The van der Waals surface area contributed by atoms with Gasteiger partial charge in [-0.2, -0.15) is 13.2 Å². The van der Waals surface area contributed by atoms with Crippen LogP contribution in [0.25, 0.3) is 0 Å². The molecule has 1 aliphatic rings. The Morgan fingerprint density at radius 1 is 1.06 bits per heavy atom. The van der Waals surface area contributed by atoms with E-state index in [4.69, 9.17) is 4.74 Å². The molecular formula is C23H20F3N5O5. The van der Waals surface area contributed by atoms with Gasteiger partial charge in [-0.1, -0.05) is 0 Å². The number of aliphatic carboxylic acids is 1. The number of aromatic nitrogens is 2. The van der Waals surface area contributed by atoms with E-state index in [0.717, 1.165) is 12.1 Å². The monoisotopic (exact) mass is 503 g/mol. The van der Waals surface area contributed by atoms with Crippen LogP contribution in [-0.2, 0) is 11.0 Å². The van der Waals surface area contributed by atoms with Crippen molar-refractivity contribution in [3.63, 3.8) is 0 Å². The summed E-state index contributed by atoms with van der Waals surface area (Å²) in [5.74, 6) is -0.765. The maximum absolute atomic E-state index is 12.7. The van der Waals surface area contributed by atoms with Gasteiger partial charge < -0.3 is 20.1 Å². The van der Waals surface area contributed by atoms with Gasteiger partial charge >= 0.3 is 17.8 Å². The highest BCUT2D eigenvalue weighted by molar-refractivity contribution is 5.75. The van der Waals surface area contributed by atoms with E-state index >= 15 is 0 Å². The van der Waals surface area contributed by atoms with Crippen molar-refractivity contribution in [2.45, 2.75) is 19.0 Å². The number of carbonyl (C=O) groups is 1. The third-order valence-electron chi connectivity index (χ3n) is 5.66. The Labute approximate surface area is 202 Å². The predicted molar refractivity (Wildman–Crippen MR) is 123 cm³/mol. The third-order valence-corrected chi connectivity index (χ3v) is 5.66. The van der Waals surface area contributed by atoms with Gasteiger partial charge in [-0.25, -0.2) is 9.97 Å². The van der Waals surface area contributed by atoms with Gasteiger partial charge in [-0.05, 0) is 61.4 Å². The largest absolute Gasteiger partial charge is 0.481 e. The van der Waals surface area contributed by atoms with Gasteiger partial charge in [-0.15, -0.1) is 0 Å². The van der Waals surface area contributed by atoms with Gasteiger partial charge in [0.15, 0.2) is 0 Å². The standard InChI is InChI=1S/C23H20F3N5O5/c24-23(25,26)15-1-5-17(6-2-15)36-18-7-3-16(4-8-18)29-20-19(31(34)35)21(28-13-27-20)30-11-9-14(10-12-30)22(32)33/h1-8,13-14H,9-12H2,(H,32,33)(H,27,28,29). The molecule has 1 aromatic heterocycles. The number of ether oxygens (including phenoxy) is 1. The fourth-order valence-electron chi connectivity index (χ4n) is 3.79. The van der Waals surface area contributed by atoms with E-state index in [1.807, 2.05) is 0 Å². The Morgan fingerprint density at radius 2 is 1.64 bits per heavy atom. The van der Waals surface area contributed by atoms with Crippen LogP contribution in [0.5, 0.6) is 11.5 Å². The number of anilines is 3. The number of rotatable bonds is 7. The summed E-state index contributed by atoms with van der Waals surface area (Å²) in [4.78, 5) is 32.2. The number of hydrogen-bond donors (Lipinski definition) is 2. The number of nitrogens with one attached hydrogen (secondary N) is 1. The fourth-order valence-corrected chi connectivity index (χ4v) is 3.79. The zero-order chi connectivity index (χ0) is 25.9. The fraction of sp³-hybridized carbons (Fsp3) is 0.261. The molecule has 0 unspecified atom stereocenters. The highest BCUT2D eigenvalue weighted by Gasteiger charge is 2.32. The molecule has 0 amide bonds. The van der Waals surface area contributed by atoms with Gasteiger partial charge in [0.2, 0.25) is 11.6 Å². The molecule has 36 heavy (non-hydrogen) atoms. The predicted octanol–water partition coefficient (Wildman–Crippen LogP) is 5.24. The summed E-state index contributed by atoms with van der Waals surface area (Å²) < 4.78 is 43.7. The number of halogens is 3. The van der Waals surface area contributed by atoms with Crippen molar-refractivity contribution in [1.29, 1.82) is 0 Å². The van der Waals surface area contributed by atoms with Crippen molar-refractivity contribution in [2.75, 3.05) is 23.3 Å². The highest BCUT2D eigenvalue weighted by atomic mass is 19.4. The zero-order valence-electron chi connectivity index (χ0n) is 18.6. The van der Waals surface area contributed by atoms with E-state index in [-0.39, 0.29) is 23.1 Å². The van der Waals surface area contributed by atoms with E-state index in [1.165, 1.54) is 18.5 Å². The Hall–Kier alpha value is -4.42. The topological polar surface area (TPSA) is 131 Å². The van der Waals surface area contributed by atoms with Gasteiger partial charge in [0.1, 0.15) is 17.8 Å². The second-order valence-corrected chi connectivity index (χ2v) is 8.02. The molecule has 2 heterocycles. The third kappa shape index (κ3) is 5.62. The minimum absolute atomic E-state index is 0.0400. The molecule has 13 heteroatoms. The van der Waals surface area contributed by atoms with Crippen LogP contribution in [0.4, 0.5) is 36.2 Å². The summed E-state index contributed by atoms with van der Waals surface area (Å²) in [6.45, 7) is 0.620. The highest BCUT2D eigenvalue weighted by Crippen LogP contribution is 2.36. The summed E-state index contributed by atoms with van der Waals surface area (Å²) in [5, 5.41) is 23.9. The molecule has 3 aromatic rings. The number of nitro groups is 1. The maximum Gasteiger partial charge on any atom is 0.416 e. The van der Waals surface area contributed by atoms with Crippen LogP contribution in [0.2, 0.25) is 0 Å².